The Balaban J connectivity index is 3.73. The molecule has 0 amide bonds. The Morgan fingerprint density at radius 1 is 1.33 bits per heavy atom. The van der Waals surface area contributed by atoms with Crippen LogP contribution in [-0.4, -0.2) is 18.8 Å². The summed E-state index contributed by atoms with van der Waals surface area (Å²) in [5.74, 6) is 0. The van der Waals surface area contributed by atoms with E-state index in [0.29, 0.717) is 0 Å². The molecule has 1 nitrogen and oxygen atoms in total. The number of thiol groups is 1. The van der Waals surface area contributed by atoms with Crippen molar-refractivity contribution in [2.75, 3.05) is 18.8 Å². The van der Waals surface area contributed by atoms with Crippen molar-refractivity contribution in [1.29, 1.82) is 0 Å². The van der Waals surface area contributed by atoms with Crippen LogP contribution in [0, 0.1) is 0 Å². The monoisotopic (exact) mass is 221 g/mol. The van der Waals surface area contributed by atoms with Gasteiger partial charge in [0.05, 0.1) is 0 Å². The fraction of sp³-hybridized carbons (Fsp3) is 1.00. The molecule has 0 saturated carbocycles. The zero-order valence-corrected chi connectivity index (χ0v) is 7.29. The molecular weight excluding hydrogens is 211 g/mol. The Hall–Kier alpha value is 1.04. The highest BCUT2D eigenvalue weighted by Gasteiger charge is 2.14. The standard InChI is InChI=1S/C3H10IOS/c1-6(2,3,4)5/h6H,1-3H3. The average molecular weight is 221 g/mol. The molecule has 3 heteroatoms. The molecular formula is C3H10IOS. The van der Waals surface area contributed by atoms with Crippen molar-refractivity contribution >= 4 is 27.8 Å². The van der Waals surface area contributed by atoms with Crippen LogP contribution in [0.3, 0.4) is 0 Å². The molecule has 1 radical (unpaired) electrons. The number of rotatable bonds is 0. The summed E-state index contributed by atoms with van der Waals surface area (Å²) in [5.41, 5.74) is 0. The molecule has 41 valence electrons. The van der Waals surface area contributed by atoms with Gasteiger partial charge >= 0.3 is 0 Å². The molecule has 0 saturated heterocycles. The molecule has 0 unspecified atom stereocenters. The molecule has 6 heavy (non-hydrogen) atoms. The largest absolute Gasteiger partial charge is 0.187 e. The second-order valence-corrected chi connectivity index (χ2v) is 17.3. The summed E-state index contributed by atoms with van der Waals surface area (Å²) in [6.07, 6.45) is 5.31. The van der Waals surface area contributed by atoms with Gasteiger partial charge in [0.2, 0.25) is 0 Å². The van der Waals surface area contributed by atoms with Gasteiger partial charge in [0.15, 0.2) is 0 Å². The minimum absolute atomic E-state index is 1.77. The first-order valence-corrected chi connectivity index (χ1v) is 7.97. The highest BCUT2D eigenvalue weighted by atomic mass is 127. The third-order valence-electron chi connectivity index (χ3n) is 0. The van der Waals surface area contributed by atoms with E-state index in [1.807, 2.05) is 21.2 Å². The van der Waals surface area contributed by atoms with E-state index in [9.17, 15) is 4.55 Å². The minimum Gasteiger partial charge on any atom is -0.187 e. The summed E-state index contributed by atoms with van der Waals surface area (Å²) < 4.78 is 10.8. The van der Waals surface area contributed by atoms with Gasteiger partial charge in [0.1, 0.15) is 0 Å². The van der Waals surface area contributed by atoms with E-state index in [1.165, 1.54) is 0 Å². The van der Waals surface area contributed by atoms with Crippen molar-refractivity contribution in [2.45, 2.75) is 0 Å². The van der Waals surface area contributed by atoms with Gasteiger partial charge in [-0.25, -0.2) is 0 Å². The number of halogens is 1. The van der Waals surface area contributed by atoms with E-state index in [1.54, 1.807) is 18.8 Å². The quantitative estimate of drug-likeness (QED) is 0.474. The van der Waals surface area contributed by atoms with E-state index in [2.05, 4.69) is 0 Å². The molecule has 0 spiro atoms. The highest BCUT2D eigenvalue weighted by Crippen LogP contribution is 2.64. The van der Waals surface area contributed by atoms with Crippen LogP contribution < -0.4 is 0 Å². The van der Waals surface area contributed by atoms with Crippen LogP contribution in [0.1, 0.15) is 0 Å². The molecule has 0 bridgehead atoms. The lowest BCUT2D eigenvalue weighted by Crippen LogP contribution is -1.96. The smallest absolute Gasteiger partial charge is 0.0187 e. The van der Waals surface area contributed by atoms with E-state index in [0.717, 1.165) is 0 Å². The number of hydrogen-bond acceptors (Lipinski definition) is 0. The lowest BCUT2D eigenvalue weighted by Gasteiger charge is -2.33. The van der Waals surface area contributed by atoms with Crippen molar-refractivity contribution in [3.05, 3.63) is 0 Å². The molecule has 0 atom stereocenters. The lowest BCUT2D eigenvalue weighted by atomic mass is 11.9. The molecule has 0 heterocycles. The predicted molar refractivity (Wildman–Crippen MR) is 41.5 cm³/mol. The van der Waals surface area contributed by atoms with Crippen molar-refractivity contribution in [2.24, 2.45) is 0 Å². The number of hydrogen-bond donors (Lipinski definition) is 1. The fourth-order valence-corrected chi connectivity index (χ4v) is 0. The van der Waals surface area contributed by atoms with Gasteiger partial charge in [0, 0.05) is 0 Å². The molecule has 0 aliphatic heterocycles. The van der Waals surface area contributed by atoms with Crippen LogP contribution in [0.2, 0.25) is 0 Å². The lowest BCUT2D eigenvalue weighted by molar-refractivity contribution is 0.511. The van der Waals surface area contributed by atoms with Crippen molar-refractivity contribution < 1.29 is 4.55 Å². The second-order valence-electron chi connectivity index (χ2n) is 2.47. The summed E-state index contributed by atoms with van der Waals surface area (Å²) in [6.45, 7) is -2.33. The Kier molecular flexibility index (Phi) is 1.48. The fourth-order valence-electron chi connectivity index (χ4n) is 0. The van der Waals surface area contributed by atoms with Crippen LogP contribution in [0.5, 0.6) is 0 Å². The molecule has 0 aliphatic carbocycles. The van der Waals surface area contributed by atoms with E-state index in [4.69, 9.17) is 0 Å². The highest BCUT2D eigenvalue weighted by molar-refractivity contribution is 14.2. The van der Waals surface area contributed by atoms with Gasteiger partial charge in [-0.3, -0.25) is 0 Å². The van der Waals surface area contributed by atoms with Crippen molar-refractivity contribution in [3.63, 3.8) is 0 Å². The van der Waals surface area contributed by atoms with Gasteiger partial charge in [-0.05, 0) is 40.0 Å². The topological polar surface area (TPSA) is 19.9 Å². The van der Waals surface area contributed by atoms with Crippen LogP contribution in [0.15, 0.2) is 0 Å². The molecule has 0 fully saturated rings. The third kappa shape index (κ3) is 76.1. The summed E-state index contributed by atoms with van der Waals surface area (Å²) in [5, 5.41) is 0. The molecule has 0 aromatic carbocycles. The summed E-state index contributed by atoms with van der Waals surface area (Å²) in [7, 11) is 0. The van der Waals surface area contributed by atoms with Gasteiger partial charge in [-0.1, -0.05) is 0 Å². The average Bonchev–Trinajstić information content (AvgIpc) is 0.650. The molecule has 0 aromatic heterocycles. The maximum absolute atomic E-state index is 10.8. The van der Waals surface area contributed by atoms with Gasteiger partial charge in [-0.15, -0.1) is 6.61 Å². The normalized spacial score (nSPS) is 19.2. The van der Waals surface area contributed by atoms with Crippen LogP contribution in [0.4, 0.5) is 0 Å². The third-order valence-corrected chi connectivity index (χ3v) is 0. The maximum Gasteiger partial charge on any atom is -0.0187 e. The predicted octanol–water partition coefficient (Wildman–Crippen LogP) is 1.64. The molecule has 0 aliphatic rings. The zero-order chi connectivity index (χ0) is 5.45. The minimum atomic E-state index is -2.33. The van der Waals surface area contributed by atoms with Crippen molar-refractivity contribution in [3.8, 4) is 0 Å². The van der Waals surface area contributed by atoms with E-state index >= 15 is 0 Å². The summed E-state index contributed by atoms with van der Waals surface area (Å²) in [6, 6.07) is 0. The Labute approximate surface area is 51.2 Å². The Morgan fingerprint density at radius 3 is 1.33 bits per heavy atom. The Bertz CT molecular complexity index is 44.0. The van der Waals surface area contributed by atoms with Crippen LogP contribution in [-0.2, 0) is 4.55 Å². The Morgan fingerprint density at radius 2 is 1.33 bits per heavy atom. The maximum atomic E-state index is 10.8. The van der Waals surface area contributed by atoms with E-state index in [-0.39, 0.29) is 0 Å². The molecule has 0 rings (SSSR count). The van der Waals surface area contributed by atoms with Crippen molar-refractivity contribution in [1.82, 2.24) is 0 Å². The SMILES string of the molecule is C[SH](C)(C)([O])I. The second kappa shape index (κ2) is 1.26. The first-order valence-electron chi connectivity index (χ1n) is 1.69. The van der Waals surface area contributed by atoms with Crippen LogP contribution in [0.25, 0.3) is 0 Å². The van der Waals surface area contributed by atoms with Gasteiger partial charge < -0.3 is 0 Å². The van der Waals surface area contributed by atoms with E-state index < -0.39 is 6.61 Å². The first kappa shape index (κ1) is 7.04. The summed E-state index contributed by atoms with van der Waals surface area (Å²) >= 11 is 1.99. The van der Waals surface area contributed by atoms with Gasteiger partial charge in [-0.2, -0.15) is 4.55 Å². The zero-order valence-electron chi connectivity index (χ0n) is 4.23. The summed E-state index contributed by atoms with van der Waals surface area (Å²) in [4.78, 5) is 0. The molecule has 0 aromatic rings. The van der Waals surface area contributed by atoms with Crippen LogP contribution >= 0.6 is 27.8 Å². The van der Waals surface area contributed by atoms with Gasteiger partial charge in [0.25, 0.3) is 0 Å². The first-order chi connectivity index (χ1) is 2.24. The molecule has 0 N–H and O–H groups in total.